The lowest BCUT2D eigenvalue weighted by Gasteiger charge is -2.17. The van der Waals surface area contributed by atoms with Crippen LogP contribution in [0, 0.1) is 5.92 Å². The lowest BCUT2D eigenvalue weighted by molar-refractivity contribution is -0.140. The third kappa shape index (κ3) is 5.01. The molecule has 0 aliphatic carbocycles. The van der Waals surface area contributed by atoms with Gasteiger partial charge in [0, 0.05) is 24.2 Å². The maximum atomic E-state index is 10.7. The van der Waals surface area contributed by atoms with Crippen molar-refractivity contribution in [3.63, 3.8) is 0 Å². The monoisotopic (exact) mass is 237 g/mol. The summed E-state index contributed by atoms with van der Waals surface area (Å²) in [6.07, 6.45) is 9.07. The maximum Gasteiger partial charge on any atom is 0.304 e. The highest BCUT2D eigenvalue weighted by molar-refractivity contribution is 5.69. The Balaban J connectivity index is 2.70. The van der Waals surface area contributed by atoms with Crippen molar-refractivity contribution >= 4 is 11.9 Å². The molecule has 0 aromatic carbocycles. The minimum absolute atomic E-state index is 0.0373. The van der Waals surface area contributed by atoms with E-state index in [0.29, 0.717) is 6.42 Å². The molecule has 0 fully saturated rings. The zero-order valence-corrected chi connectivity index (χ0v) is 9.30. The highest BCUT2D eigenvalue weighted by atomic mass is 16.4. The van der Waals surface area contributed by atoms with Gasteiger partial charge in [-0.25, -0.2) is 0 Å². The fourth-order valence-electron chi connectivity index (χ4n) is 1.60. The standard InChI is InChI=1S/C12H15NO4/c14-11(15)6-5-9(8-12(16)17)10-4-2-1-3-7-13-10/h1-4,7,9,13H,5-6,8H2,(H,14,15)(H,16,17). The molecule has 1 unspecified atom stereocenters. The van der Waals surface area contributed by atoms with Crippen molar-refractivity contribution < 1.29 is 19.8 Å². The Morgan fingerprint density at radius 2 is 1.94 bits per heavy atom. The van der Waals surface area contributed by atoms with Crippen LogP contribution in [0.1, 0.15) is 19.3 Å². The summed E-state index contributed by atoms with van der Waals surface area (Å²) in [7, 11) is 0. The number of aliphatic carboxylic acids is 2. The Bertz CT molecular complexity index is 382. The van der Waals surface area contributed by atoms with Crippen LogP contribution in [0.5, 0.6) is 0 Å². The summed E-state index contributed by atoms with van der Waals surface area (Å²) >= 11 is 0. The Morgan fingerprint density at radius 3 is 2.59 bits per heavy atom. The van der Waals surface area contributed by atoms with Gasteiger partial charge >= 0.3 is 11.9 Å². The Morgan fingerprint density at radius 1 is 1.18 bits per heavy atom. The zero-order chi connectivity index (χ0) is 12.7. The van der Waals surface area contributed by atoms with E-state index in [9.17, 15) is 9.59 Å². The topological polar surface area (TPSA) is 86.6 Å². The first-order chi connectivity index (χ1) is 8.09. The lowest BCUT2D eigenvalue weighted by atomic mass is 9.95. The van der Waals surface area contributed by atoms with Crippen molar-refractivity contribution in [3.05, 3.63) is 36.2 Å². The molecule has 5 heteroatoms. The summed E-state index contributed by atoms with van der Waals surface area (Å²) in [6.45, 7) is 0. The lowest BCUT2D eigenvalue weighted by Crippen LogP contribution is -2.19. The van der Waals surface area contributed by atoms with E-state index >= 15 is 0 Å². The van der Waals surface area contributed by atoms with Crippen LogP contribution in [0.25, 0.3) is 0 Å². The number of nitrogens with one attached hydrogen (secondary N) is 1. The third-order valence-electron chi connectivity index (χ3n) is 2.41. The number of carboxylic acids is 2. The van der Waals surface area contributed by atoms with Gasteiger partial charge in [-0.3, -0.25) is 9.59 Å². The van der Waals surface area contributed by atoms with Crippen LogP contribution in [-0.2, 0) is 9.59 Å². The van der Waals surface area contributed by atoms with Crippen molar-refractivity contribution in [2.75, 3.05) is 0 Å². The van der Waals surface area contributed by atoms with Gasteiger partial charge in [0.2, 0.25) is 0 Å². The van der Waals surface area contributed by atoms with E-state index in [0.717, 1.165) is 5.70 Å². The summed E-state index contributed by atoms with van der Waals surface area (Å²) < 4.78 is 0. The van der Waals surface area contributed by atoms with Crippen molar-refractivity contribution in [1.82, 2.24) is 5.32 Å². The molecule has 92 valence electrons. The van der Waals surface area contributed by atoms with Gasteiger partial charge in [0.15, 0.2) is 0 Å². The fraction of sp³-hybridized carbons (Fsp3) is 0.333. The molecular formula is C12H15NO4. The minimum atomic E-state index is -0.930. The van der Waals surface area contributed by atoms with Crippen LogP contribution in [0.3, 0.4) is 0 Å². The number of allylic oxidation sites excluding steroid dienone is 5. The number of hydrogen-bond acceptors (Lipinski definition) is 3. The van der Waals surface area contributed by atoms with Gasteiger partial charge in [0.05, 0.1) is 6.42 Å². The van der Waals surface area contributed by atoms with E-state index in [-0.39, 0.29) is 18.8 Å². The first-order valence-corrected chi connectivity index (χ1v) is 5.33. The predicted molar refractivity (Wildman–Crippen MR) is 62.1 cm³/mol. The molecule has 0 saturated carbocycles. The highest BCUT2D eigenvalue weighted by Crippen LogP contribution is 2.20. The Kier molecular flexibility index (Phi) is 5.00. The van der Waals surface area contributed by atoms with Gasteiger partial charge in [-0.05, 0) is 18.6 Å². The average Bonchev–Trinajstić information content (AvgIpc) is 2.51. The first kappa shape index (κ1) is 13.0. The van der Waals surface area contributed by atoms with Crippen LogP contribution in [0.2, 0.25) is 0 Å². The van der Waals surface area contributed by atoms with Crippen molar-refractivity contribution in [2.24, 2.45) is 5.92 Å². The molecule has 0 spiro atoms. The summed E-state index contributed by atoms with van der Waals surface area (Å²) in [6, 6.07) is 0. The van der Waals surface area contributed by atoms with Gasteiger partial charge in [0.25, 0.3) is 0 Å². The van der Waals surface area contributed by atoms with Crippen LogP contribution < -0.4 is 5.32 Å². The molecule has 0 amide bonds. The molecule has 0 radical (unpaired) electrons. The van der Waals surface area contributed by atoms with E-state index in [1.165, 1.54) is 0 Å². The van der Waals surface area contributed by atoms with E-state index < -0.39 is 11.9 Å². The van der Waals surface area contributed by atoms with E-state index in [1.807, 2.05) is 6.08 Å². The molecule has 0 aromatic rings. The van der Waals surface area contributed by atoms with Gasteiger partial charge in [-0.1, -0.05) is 12.2 Å². The zero-order valence-electron chi connectivity index (χ0n) is 9.30. The highest BCUT2D eigenvalue weighted by Gasteiger charge is 2.18. The Labute approximate surface area is 99.1 Å². The summed E-state index contributed by atoms with van der Waals surface area (Å²) in [5.41, 5.74) is 0.735. The van der Waals surface area contributed by atoms with Crippen LogP contribution >= 0.6 is 0 Å². The Hall–Kier alpha value is -2.04. The average molecular weight is 237 g/mol. The fourth-order valence-corrected chi connectivity index (χ4v) is 1.60. The minimum Gasteiger partial charge on any atom is -0.481 e. The van der Waals surface area contributed by atoms with Crippen LogP contribution in [-0.4, -0.2) is 22.2 Å². The van der Waals surface area contributed by atoms with Crippen molar-refractivity contribution in [2.45, 2.75) is 19.3 Å². The number of carboxylic acid groups (broad SMARTS) is 2. The molecule has 17 heavy (non-hydrogen) atoms. The van der Waals surface area contributed by atoms with Gasteiger partial charge < -0.3 is 15.5 Å². The quantitative estimate of drug-likeness (QED) is 0.651. The van der Waals surface area contributed by atoms with Crippen molar-refractivity contribution in [3.8, 4) is 0 Å². The van der Waals surface area contributed by atoms with E-state index in [1.54, 1.807) is 24.4 Å². The predicted octanol–water partition coefficient (Wildman–Crippen LogP) is 1.50. The molecule has 0 bridgehead atoms. The number of hydrogen-bond donors (Lipinski definition) is 3. The van der Waals surface area contributed by atoms with Gasteiger partial charge in [0.1, 0.15) is 0 Å². The van der Waals surface area contributed by atoms with Crippen LogP contribution in [0.15, 0.2) is 36.2 Å². The maximum absolute atomic E-state index is 10.7. The molecular weight excluding hydrogens is 222 g/mol. The van der Waals surface area contributed by atoms with E-state index in [4.69, 9.17) is 10.2 Å². The molecule has 1 rings (SSSR count). The molecule has 3 N–H and O–H groups in total. The molecule has 0 saturated heterocycles. The SMILES string of the molecule is O=C(O)CCC(CC(=O)O)C1=CC=CC=CN1. The van der Waals surface area contributed by atoms with Gasteiger partial charge in [-0.2, -0.15) is 0 Å². The smallest absolute Gasteiger partial charge is 0.304 e. The molecule has 1 atom stereocenters. The van der Waals surface area contributed by atoms with E-state index in [2.05, 4.69) is 5.32 Å². The van der Waals surface area contributed by atoms with Crippen molar-refractivity contribution in [1.29, 1.82) is 0 Å². The van der Waals surface area contributed by atoms with Crippen LogP contribution in [0.4, 0.5) is 0 Å². The number of rotatable bonds is 6. The summed E-state index contributed by atoms with van der Waals surface area (Å²) in [5, 5.41) is 20.4. The molecule has 5 nitrogen and oxygen atoms in total. The first-order valence-electron chi connectivity index (χ1n) is 5.33. The molecule has 1 aliphatic heterocycles. The second kappa shape index (κ2) is 6.52. The largest absolute Gasteiger partial charge is 0.481 e. The molecule has 0 aromatic heterocycles. The molecule has 1 heterocycles. The normalized spacial score (nSPS) is 15.6. The summed E-state index contributed by atoms with van der Waals surface area (Å²) in [5.74, 6) is -2.16. The number of carbonyl (C=O) groups is 2. The second-order valence-electron chi connectivity index (χ2n) is 3.74. The third-order valence-corrected chi connectivity index (χ3v) is 2.41. The molecule has 1 aliphatic rings. The summed E-state index contributed by atoms with van der Waals surface area (Å²) in [4.78, 5) is 21.3. The van der Waals surface area contributed by atoms with Gasteiger partial charge in [-0.15, -0.1) is 0 Å². The second-order valence-corrected chi connectivity index (χ2v) is 3.74.